The summed E-state index contributed by atoms with van der Waals surface area (Å²) in [5, 5.41) is 8.24. The quantitative estimate of drug-likeness (QED) is 0.189. The fourth-order valence-corrected chi connectivity index (χ4v) is 8.58. The van der Waals surface area contributed by atoms with Gasteiger partial charge in [-0.1, -0.05) is 109 Å². The molecule has 1 aliphatic rings. The van der Waals surface area contributed by atoms with Crippen LogP contribution in [0.1, 0.15) is 0 Å². The second kappa shape index (κ2) is 8.25. The Labute approximate surface area is 267 Å². The Bertz CT molecular complexity index is 3160. The Balaban J connectivity index is 1.32. The Hall–Kier alpha value is -6.39. The zero-order chi connectivity index (χ0) is 30.4. The molecule has 4 aromatic heterocycles. The van der Waals surface area contributed by atoms with E-state index < -0.39 is 0 Å². The van der Waals surface area contributed by atoms with Crippen molar-refractivity contribution in [2.75, 3.05) is 0 Å². The van der Waals surface area contributed by atoms with Crippen molar-refractivity contribution in [3.63, 3.8) is 0 Å². The van der Waals surface area contributed by atoms with Gasteiger partial charge in [-0.15, -0.1) is 0 Å². The summed E-state index contributed by atoms with van der Waals surface area (Å²) < 4.78 is 11.2. The maximum Gasteiger partial charge on any atom is 0.146 e. The van der Waals surface area contributed by atoms with Crippen LogP contribution >= 0.6 is 0 Å². The number of nitrogens with zero attached hydrogens (tertiary/aromatic N) is 3. The molecule has 0 saturated carbocycles. The van der Waals surface area contributed by atoms with Gasteiger partial charge in [-0.2, -0.15) is 0 Å². The fourth-order valence-electron chi connectivity index (χ4n) is 8.58. The lowest BCUT2D eigenvalue weighted by atomic mass is 10.0. The number of fused-ring (bicyclic) bond motifs is 17. The molecule has 0 atom stereocenters. The van der Waals surface area contributed by atoms with Crippen LogP contribution in [-0.2, 0) is 0 Å². The predicted octanol–water partition coefficient (Wildman–Crippen LogP) is 11.4. The molecule has 4 heteroatoms. The minimum absolute atomic E-state index is 0.860. The van der Waals surface area contributed by atoms with Gasteiger partial charge in [0.2, 0.25) is 0 Å². The van der Waals surface area contributed by atoms with Crippen molar-refractivity contribution in [2.45, 2.75) is 0 Å². The highest BCUT2D eigenvalue weighted by Gasteiger charge is 2.26. The van der Waals surface area contributed by atoms with Crippen LogP contribution < -0.4 is 0 Å². The topological polar surface area (TPSA) is 35.4 Å². The van der Waals surface area contributed by atoms with Gasteiger partial charge in [0.05, 0.1) is 33.1 Å². The maximum absolute atomic E-state index is 6.30. The van der Waals surface area contributed by atoms with Gasteiger partial charge in [0, 0.05) is 26.9 Å². The lowest BCUT2D eigenvalue weighted by Crippen LogP contribution is -1.98. The summed E-state index contributed by atoms with van der Waals surface area (Å²) in [5.74, 6) is 0. The highest BCUT2D eigenvalue weighted by molar-refractivity contribution is 6.25. The average Bonchev–Trinajstić information content (AvgIpc) is 3.87. The molecule has 0 aliphatic heterocycles. The number of furan rings is 1. The molecular formula is C43H23N3O. The van der Waals surface area contributed by atoms with Crippen molar-refractivity contribution >= 4 is 82.1 Å². The van der Waals surface area contributed by atoms with E-state index in [2.05, 4.69) is 136 Å². The van der Waals surface area contributed by atoms with Gasteiger partial charge < -0.3 is 8.98 Å². The van der Waals surface area contributed by atoms with Crippen LogP contribution in [0.3, 0.4) is 0 Å². The second-order valence-electron chi connectivity index (χ2n) is 12.7. The van der Waals surface area contributed by atoms with Crippen LogP contribution in [0.4, 0.5) is 0 Å². The molecule has 4 heterocycles. The number of pyridine rings is 1. The van der Waals surface area contributed by atoms with Crippen molar-refractivity contribution in [2.24, 2.45) is 0 Å². The molecule has 0 bridgehead atoms. The molecule has 12 rings (SSSR count). The third-order valence-corrected chi connectivity index (χ3v) is 10.4. The molecule has 0 saturated heterocycles. The molecule has 0 radical (unpaired) electrons. The van der Waals surface area contributed by atoms with E-state index >= 15 is 0 Å². The summed E-state index contributed by atoms with van der Waals surface area (Å²) in [5.41, 5.74) is 14.7. The first kappa shape index (κ1) is 23.9. The number of aromatic nitrogens is 3. The standard InChI is InChI=1S/C43H23N3O/c1-2-11-25-24(10-1)26-16-9-17-30-34(21-20-27(25)38(26)30)45-33-18-7-5-14-31(33)42-41(45)28-12-3-4-13-29(28)43-44-40-35(46(42)43)22-23-37-39(40)32-15-6-8-19-36(32)47-37/h1-23H. The van der Waals surface area contributed by atoms with Crippen LogP contribution in [-0.4, -0.2) is 14.0 Å². The van der Waals surface area contributed by atoms with Crippen molar-refractivity contribution in [3.8, 4) is 27.9 Å². The van der Waals surface area contributed by atoms with Gasteiger partial charge in [0.15, 0.2) is 0 Å². The molecule has 0 N–H and O–H groups in total. The van der Waals surface area contributed by atoms with E-state index in [-0.39, 0.29) is 0 Å². The SMILES string of the molecule is c1ccc2c(c1)-c1cccc3c(-n4c5ccccc5c5c4c4ccccc4c4nc6c7c(ccc6n45)oc4ccccc47)ccc-2c13. The molecule has 0 unspecified atom stereocenters. The molecule has 216 valence electrons. The normalized spacial score (nSPS) is 12.7. The first-order valence-electron chi connectivity index (χ1n) is 16.1. The summed E-state index contributed by atoms with van der Waals surface area (Å²) in [7, 11) is 0. The molecule has 7 aromatic carbocycles. The number of hydrogen-bond donors (Lipinski definition) is 0. The number of imidazole rings is 1. The monoisotopic (exact) mass is 597 g/mol. The van der Waals surface area contributed by atoms with Crippen LogP contribution in [0.15, 0.2) is 144 Å². The Morgan fingerprint density at radius 3 is 1.98 bits per heavy atom. The van der Waals surface area contributed by atoms with Crippen LogP contribution in [0.2, 0.25) is 0 Å². The van der Waals surface area contributed by atoms with Crippen LogP contribution in [0.25, 0.3) is 110 Å². The molecule has 1 aliphatic carbocycles. The minimum atomic E-state index is 0.860. The Kier molecular flexibility index (Phi) is 4.20. The minimum Gasteiger partial charge on any atom is -0.456 e. The lowest BCUT2D eigenvalue weighted by molar-refractivity contribution is 0.669. The van der Waals surface area contributed by atoms with Crippen molar-refractivity contribution in [3.05, 3.63) is 140 Å². The zero-order valence-corrected chi connectivity index (χ0v) is 25.0. The Morgan fingerprint density at radius 1 is 0.426 bits per heavy atom. The molecule has 47 heavy (non-hydrogen) atoms. The number of hydrogen-bond acceptors (Lipinski definition) is 2. The fraction of sp³-hybridized carbons (Fsp3) is 0. The number of rotatable bonds is 1. The second-order valence-corrected chi connectivity index (χ2v) is 12.7. The van der Waals surface area contributed by atoms with E-state index in [1.807, 2.05) is 12.1 Å². The summed E-state index contributed by atoms with van der Waals surface area (Å²) >= 11 is 0. The molecular weight excluding hydrogens is 574 g/mol. The summed E-state index contributed by atoms with van der Waals surface area (Å²) in [6.45, 7) is 0. The first-order chi connectivity index (χ1) is 23.3. The van der Waals surface area contributed by atoms with Gasteiger partial charge in [-0.25, -0.2) is 4.98 Å². The van der Waals surface area contributed by atoms with Gasteiger partial charge in [-0.05, 0) is 58.0 Å². The smallest absolute Gasteiger partial charge is 0.146 e. The third-order valence-electron chi connectivity index (χ3n) is 10.4. The zero-order valence-electron chi connectivity index (χ0n) is 25.0. The van der Waals surface area contributed by atoms with E-state index in [4.69, 9.17) is 9.40 Å². The van der Waals surface area contributed by atoms with E-state index in [1.165, 1.54) is 60.5 Å². The maximum atomic E-state index is 6.30. The lowest BCUT2D eigenvalue weighted by Gasteiger charge is -2.15. The van der Waals surface area contributed by atoms with Gasteiger partial charge in [-0.3, -0.25) is 4.40 Å². The van der Waals surface area contributed by atoms with E-state index in [0.29, 0.717) is 0 Å². The molecule has 0 fully saturated rings. The van der Waals surface area contributed by atoms with Gasteiger partial charge >= 0.3 is 0 Å². The van der Waals surface area contributed by atoms with Crippen LogP contribution in [0.5, 0.6) is 0 Å². The van der Waals surface area contributed by atoms with Gasteiger partial charge in [0.1, 0.15) is 22.3 Å². The summed E-state index contributed by atoms with van der Waals surface area (Å²) in [6, 6.07) is 50.3. The number of para-hydroxylation sites is 2. The third kappa shape index (κ3) is 2.79. The molecule has 4 nitrogen and oxygen atoms in total. The van der Waals surface area contributed by atoms with E-state index in [1.54, 1.807) is 0 Å². The van der Waals surface area contributed by atoms with Crippen molar-refractivity contribution in [1.29, 1.82) is 0 Å². The van der Waals surface area contributed by atoms with Crippen molar-refractivity contribution < 1.29 is 4.42 Å². The van der Waals surface area contributed by atoms with E-state index in [9.17, 15) is 0 Å². The molecule has 0 amide bonds. The molecule has 0 spiro atoms. The highest BCUT2D eigenvalue weighted by atomic mass is 16.3. The largest absolute Gasteiger partial charge is 0.456 e. The first-order valence-corrected chi connectivity index (χ1v) is 16.1. The Morgan fingerprint density at radius 2 is 1.11 bits per heavy atom. The van der Waals surface area contributed by atoms with Gasteiger partial charge in [0.25, 0.3) is 0 Å². The highest BCUT2D eigenvalue weighted by Crippen LogP contribution is 2.50. The molecule has 11 aromatic rings. The van der Waals surface area contributed by atoms with Crippen LogP contribution in [0, 0.1) is 0 Å². The van der Waals surface area contributed by atoms with Crippen molar-refractivity contribution in [1.82, 2.24) is 14.0 Å². The summed E-state index contributed by atoms with van der Waals surface area (Å²) in [4.78, 5) is 5.43. The predicted molar refractivity (Wildman–Crippen MR) is 194 cm³/mol. The van der Waals surface area contributed by atoms with E-state index in [0.717, 1.165) is 49.5 Å². The number of benzene rings is 7. The average molecular weight is 598 g/mol. The summed E-state index contributed by atoms with van der Waals surface area (Å²) in [6.07, 6.45) is 0.